The number of halogens is 3. The fraction of sp³-hybridized carbons (Fsp3) is 0.143. The summed E-state index contributed by atoms with van der Waals surface area (Å²) in [6.07, 6.45) is 0. The molecule has 0 saturated heterocycles. The Morgan fingerprint density at radius 3 is 1.93 bits per heavy atom. The molecule has 81 valence electrons. The van der Waals surface area contributed by atoms with Gasteiger partial charge in [-0.15, -0.1) is 0 Å². The molecule has 0 unspecified atom stereocenters. The average molecular weight is 237 g/mol. The average Bonchev–Trinajstić information content (AvgIpc) is 2.03. The lowest BCUT2D eigenvalue weighted by atomic mass is 10.3. The minimum Gasteiger partial charge on any atom is -0.376 e. The van der Waals surface area contributed by atoms with E-state index in [1.54, 1.807) is 0 Å². The first-order valence-electron chi connectivity index (χ1n) is 3.39. The van der Waals surface area contributed by atoms with Gasteiger partial charge in [0.15, 0.2) is 0 Å². The first-order chi connectivity index (χ1) is 6.33. The van der Waals surface area contributed by atoms with Crippen LogP contribution in [0.3, 0.4) is 0 Å². The number of hydrogen-bond acceptors (Lipinski definition) is 3. The quantitative estimate of drug-likeness (QED) is 0.445. The monoisotopic (exact) mass is 237 g/mol. The fourth-order valence-corrected chi connectivity index (χ4v) is 1.11. The van der Waals surface area contributed by atoms with Crippen LogP contribution in [0.4, 0.5) is 13.2 Å². The summed E-state index contributed by atoms with van der Waals surface area (Å²) >= 11 is 0. The van der Waals surface area contributed by atoms with Crippen molar-refractivity contribution in [3.63, 3.8) is 0 Å². The molecule has 8 heteroatoms. The van der Waals surface area contributed by atoms with E-state index < -0.39 is 15.6 Å². The van der Waals surface area contributed by atoms with Crippen molar-refractivity contribution in [2.24, 2.45) is 0 Å². The van der Waals surface area contributed by atoms with E-state index in [-0.39, 0.29) is 14.2 Å². The summed E-state index contributed by atoms with van der Waals surface area (Å²) in [7, 11) is -5.55. The van der Waals surface area contributed by atoms with Crippen LogP contribution in [0, 0.1) is 0 Å². The van der Waals surface area contributed by atoms with Gasteiger partial charge < -0.3 is 4.18 Å². The molecule has 3 radical (unpaired) electrons. The molecule has 15 heavy (non-hydrogen) atoms. The Balaban J connectivity index is 0.00000196. The number of para-hydroxylation sites is 1. The molecular formula is C7H5BF3O3S. The van der Waals surface area contributed by atoms with Gasteiger partial charge in [0, 0.05) is 8.41 Å². The van der Waals surface area contributed by atoms with Crippen LogP contribution in [0.25, 0.3) is 0 Å². The van der Waals surface area contributed by atoms with Crippen molar-refractivity contribution in [2.45, 2.75) is 5.51 Å². The maximum atomic E-state index is 11.8. The second kappa shape index (κ2) is 4.56. The molecular weight excluding hydrogens is 232 g/mol. The normalized spacial score (nSPS) is 11.7. The molecule has 0 aliphatic heterocycles. The molecule has 1 aromatic rings. The topological polar surface area (TPSA) is 43.4 Å². The molecule has 3 nitrogen and oxygen atoms in total. The van der Waals surface area contributed by atoms with E-state index in [1.807, 2.05) is 0 Å². The molecule has 0 heterocycles. The molecule has 0 bridgehead atoms. The summed E-state index contributed by atoms with van der Waals surface area (Å²) in [6, 6.07) is 6.47. The lowest BCUT2D eigenvalue weighted by Gasteiger charge is -2.08. The van der Waals surface area contributed by atoms with Crippen molar-refractivity contribution < 1.29 is 25.8 Å². The Labute approximate surface area is 86.6 Å². The Morgan fingerprint density at radius 1 is 1.07 bits per heavy atom. The van der Waals surface area contributed by atoms with Gasteiger partial charge in [-0.3, -0.25) is 0 Å². The third kappa shape index (κ3) is 3.47. The van der Waals surface area contributed by atoms with E-state index in [4.69, 9.17) is 0 Å². The van der Waals surface area contributed by atoms with Gasteiger partial charge in [-0.1, -0.05) is 18.2 Å². The van der Waals surface area contributed by atoms with Gasteiger partial charge in [-0.2, -0.15) is 21.6 Å². The Bertz CT molecular complexity index is 401. The van der Waals surface area contributed by atoms with Crippen molar-refractivity contribution in [3.8, 4) is 5.75 Å². The predicted molar refractivity (Wildman–Crippen MR) is 47.8 cm³/mol. The first kappa shape index (κ1) is 13.8. The maximum Gasteiger partial charge on any atom is 0.534 e. The highest BCUT2D eigenvalue weighted by molar-refractivity contribution is 7.87. The number of rotatable bonds is 2. The van der Waals surface area contributed by atoms with E-state index in [0.29, 0.717) is 0 Å². The van der Waals surface area contributed by atoms with Crippen LogP contribution in [0.1, 0.15) is 0 Å². The van der Waals surface area contributed by atoms with Crippen molar-refractivity contribution >= 4 is 18.5 Å². The van der Waals surface area contributed by atoms with Crippen molar-refractivity contribution in [2.75, 3.05) is 0 Å². The zero-order valence-corrected chi connectivity index (χ0v) is 8.05. The molecule has 0 saturated carbocycles. The molecule has 0 amide bonds. The SMILES string of the molecule is O=S(=O)(Oc1ccccc1)C(F)(F)F.[B]. The molecule has 0 spiro atoms. The van der Waals surface area contributed by atoms with Gasteiger partial charge in [0.25, 0.3) is 0 Å². The van der Waals surface area contributed by atoms with Crippen LogP contribution in [0.5, 0.6) is 5.75 Å². The fourth-order valence-electron chi connectivity index (χ4n) is 0.650. The molecule has 0 aliphatic rings. The van der Waals surface area contributed by atoms with Crippen LogP contribution in [-0.2, 0) is 10.1 Å². The highest BCUT2D eigenvalue weighted by Crippen LogP contribution is 2.26. The van der Waals surface area contributed by atoms with Crippen LogP contribution >= 0.6 is 0 Å². The lowest BCUT2D eigenvalue weighted by molar-refractivity contribution is -0.0500. The van der Waals surface area contributed by atoms with E-state index in [9.17, 15) is 21.6 Å². The third-order valence-corrected chi connectivity index (χ3v) is 2.21. The molecule has 0 aromatic heterocycles. The number of hydrogen-bond donors (Lipinski definition) is 0. The van der Waals surface area contributed by atoms with Crippen LogP contribution < -0.4 is 4.18 Å². The minimum absolute atomic E-state index is 0. The highest BCUT2D eigenvalue weighted by Gasteiger charge is 2.48. The number of alkyl halides is 3. The Morgan fingerprint density at radius 2 is 1.53 bits per heavy atom. The van der Waals surface area contributed by atoms with Crippen molar-refractivity contribution in [3.05, 3.63) is 30.3 Å². The second-order valence-corrected chi connectivity index (χ2v) is 3.83. The summed E-state index contributed by atoms with van der Waals surface area (Å²) in [6.45, 7) is 0. The Kier molecular flexibility index (Phi) is 4.21. The summed E-state index contributed by atoms with van der Waals surface area (Å²) in [4.78, 5) is 0. The van der Waals surface area contributed by atoms with Crippen molar-refractivity contribution in [1.29, 1.82) is 0 Å². The highest BCUT2D eigenvalue weighted by atomic mass is 32.2. The lowest BCUT2D eigenvalue weighted by Crippen LogP contribution is -2.27. The molecule has 1 aromatic carbocycles. The molecule has 1 rings (SSSR count). The van der Waals surface area contributed by atoms with E-state index in [0.717, 1.165) is 12.1 Å². The maximum absolute atomic E-state index is 11.8. The van der Waals surface area contributed by atoms with E-state index in [1.165, 1.54) is 18.2 Å². The second-order valence-electron chi connectivity index (χ2n) is 2.30. The standard InChI is InChI=1S/C7H5F3O3S.B/c8-7(9,10)14(11,12)13-6-4-2-1-3-5-6;/h1-5H;. The zero-order chi connectivity index (χ0) is 10.8. The van der Waals surface area contributed by atoms with E-state index >= 15 is 0 Å². The molecule has 0 N–H and O–H groups in total. The van der Waals surface area contributed by atoms with Crippen molar-refractivity contribution in [1.82, 2.24) is 0 Å². The third-order valence-electron chi connectivity index (χ3n) is 1.23. The van der Waals surface area contributed by atoms with E-state index in [2.05, 4.69) is 4.18 Å². The van der Waals surface area contributed by atoms with Crippen LogP contribution in [-0.4, -0.2) is 22.3 Å². The van der Waals surface area contributed by atoms with Gasteiger partial charge in [0.05, 0.1) is 0 Å². The summed E-state index contributed by atoms with van der Waals surface area (Å²) in [5, 5.41) is 0. The predicted octanol–water partition coefficient (Wildman–Crippen LogP) is 1.53. The smallest absolute Gasteiger partial charge is 0.376 e. The first-order valence-corrected chi connectivity index (χ1v) is 4.79. The van der Waals surface area contributed by atoms with Gasteiger partial charge >= 0.3 is 15.6 Å². The van der Waals surface area contributed by atoms with Crippen LogP contribution in [0.15, 0.2) is 30.3 Å². The molecule has 0 fully saturated rings. The van der Waals surface area contributed by atoms with Gasteiger partial charge in [0.1, 0.15) is 5.75 Å². The summed E-state index contributed by atoms with van der Waals surface area (Å²) < 4.78 is 60.2. The van der Waals surface area contributed by atoms with Crippen LogP contribution in [0.2, 0.25) is 0 Å². The van der Waals surface area contributed by atoms with Gasteiger partial charge in [0.2, 0.25) is 0 Å². The Hall–Kier alpha value is -1.18. The zero-order valence-electron chi connectivity index (χ0n) is 7.23. The van der Waals surface area contributed by atoms with Gasteiger partial charge in [-0.05, 0) is 12.1 Å². The van der Waals surface area contributed by atoms with Gasteiger partial charge in [-0.25, -0.2) is 0 Å². The number of benzene rings is 1. The largest absolute Gasteiger partial charge is 0.534 e. The summed E-state index contributed by atoms with van der Waals surface area (Å²) in [5.74, 6) is -0.371. The minimum atomic E-state index is -5.55. The molecule has 0 atom stereocenters. The summed E-state index contributed by atoms with van der Waals surface area (Å²) in [5.41, 5.74) is -5.40. The molecule has 0 aliphatic carbocycles.